The number of fused-ring (bicyclic) bond motifs is 1. The van der Waals surface area contributed by atoms with Crippen LogP contribution in [-0.2, 0) is 33.3 Å². The number of unbranched alkanes of at least 4 members (excludes halogenated alkanes) is 1. The number of Topliss-reactive ketones (excluding diaryl/α,β-unsaturated/α-hetero) is 1. The number of esters is 1. The van der Waals surface area contributed by atoms with Crippen molar-refractivity contribution in [2.45, 2.75) is 148 Å². The number of amides is 1. The van der Waals surface area contributed by atoms with Crippen molar-refractivity contribution >= 4 is 17.8 Å². The van der Waals surface area contributed by atoms with E-state index in [-0.39, 0.29) is 43.4 Å². The highest BCUT2D eigenvalue weighted by Gasteiger charge is 2.60. The van der Waals surface area contributed by atoms with Gasteiger partial charge < -0.3 is 38.6 Å². The Morgan fingerprint density at radius 3 is 2.30 bits per heavy atom. The van der Waals surface area contributed by atoms with Crippen LogP contribution in [-0.4, -0.2) is 121 Å². The average Bonchev–Trinajstić information content (AvgIpc) is 3.33. The molecule has 0 aliphatic carbocycles. The first-order valence-corrected chi connectivity index (χ1v) is 18.3. The number of hydrogen-bond donors (Lipinski definition) is 1. The van der Waals surface area contributed by atoms with Gasteiger partial charge in [0.05, 0.1) is 35.9 Å². The predicted octanol–water partition coefficient (Wildman–Crippen LogP) is 5.35. The van der Waals surface area contributed by atoms with E-state index in [0.717, 1.165) is 6.42 Å². The third-order valence-electron chi connectivity index (χ3n) is 11.7. The third-order valence-corrected chi connectivity index (χ3v) is 11.7. The molecule has 0 aromatic carbocycles. The molecule has 0 spiro atoms. The molecule has 1 unspecified atom stereocenters. The molecule has 3 saturated heterocycles. The first-order chi connectivity index (χ1) is 23.4. The average molecular weight is 710 g/mol. The fourth-order valence-electron chi connectivity index (χ4n) is 8.70. The Bertz CT molecular complexity index is 1230. The summed E-state index contributed by atoms with van der Waals surface area (Å²) in [6.07, 6.45) is -1.77. The molecule has 3 rings (SSSR count). The van der Waals surface area contributed by atoms with Crippen LogP contribution < -0.4 is 0 Å². The molecule has 14 atom stereocenters. The van der Waals surface area contributed by atoms with E-state index in [1.165, 1.54) is 0 Å². The fraction of sp³-hybridized carbons (Fsp3) is 0.917. The second kappa shape index (κ2) is 17.4. The molecule has 50 heavy (non-hydrogen) atoms. The van der Waals surface area contributed by atoms with Crippen molar-refractivity contribution in [3.63, 3.8) is 0 Å². The normalized spacial score (nSPS) is 42.0. The van der Waals surface area contributed by atoms with E-state index < -0.39 is 77.6 Å². The first kappa shape index (κ1) is 41.9. The highest BCUT2D eigenvalue weighted by Crippen LogP contribution is 2.43. The molecule has 3 heterocycles. The first-order valence-electron chi connectivity index (χ1n) is 18.3. The summed E-state index contributed by atoms with van der Waals surface area (Å²) in [5.74, 6) is -3.67. The Morgan fingerprint density at radius 2 is 1.72 bits per heavy atom. The number of cyclic esters (lactones) is 1. The molecule has 0 aromatic heterocycles. The maximum atomic E-state index is 14.5. The van der Waals surface area contributed by atoms with Gasteiger partial charge in [-0.25, -0.2) is 4.79 Å². The van der Waals surface area contributed by atoms with Crippen LogP contribution in [0.4, 0.5) is 4.79 Å². The SMILES string of the molecule is CC[C@H]1OC(=O)[C@H](C)[C@@H](O)[C@H](C)[C@@H](OC2O[C@H](C)C[C@H](N(C)C)[C@H]2C)[C@@](C)(OC)C[C@@H](C)C(=O)[C@H](C)[C@H]2N(CCCCN=[N+]=[N-])C(=O)O[C@]12C. The van der Waals surface area contributed by atoms with Crippen LogP contribution in [0.25, 0.3) is 10.4 Å². The molecule has 0 saturated carbocycles. The standard InChI is InChI=1S/C36H63N5O9/c1-13-27-36(9)30(41(34(45)50-36)17-15-14-16-38-39-37)23(5)28(42)20(2)19-35(8,46-12)31(24(6)29(43)25(7)32(44)48-27)49-33-22(4)26(40(10)11)18-21(3)47-33/h20-27,29-31,33,43H,13-19H2,1-12H3/t20-,21-,22-,23+,24+,25-,26+,27-,29+,30-,31-,33?,35+,36-/m1/s1. The van der Waals surface area contributed by atoms with E-state index in [9.17, 15) is 19.5 Å². The molecular formula is C36H63N5O9. The van der Waals surface area contributed by atoms with Crippen molar-refractivity contribution in [1.29, 1.82) is 0 Å². The van der Waals surface area contributed by atoms with Crippen LogP contribution in [0.3, 0.4) is 0 Å². The van der Waals surface area contributed by atoms with Crippen molar-refractivity contribution in [2.24, 2.45) is 34.7 Å². The van der Waals surface area contributed by atoms with E-state index in [1.807, 2.05) is 48.7 Å². The van der Waals surface area contributed by atoms with E-state index >= 15 is 0 Å². The minimum Gasteiger partial charge on any atom is -0.458 e. The van der Waals surface area contributed by atoms with Gasteiger partial charge in [-0.15, -0.1) is 0 Å². The van der Waals surface area contributed by atoms with Gasteiger partial charge in [0.1, 0.15) is 11.9 Å². The zero-order valence-electron chi connectivity index (χ0n) is 32.3. The summed E-state index contributed by atoms with van der Waals surface area (Å²) in [5, 5.41) is 15.4. The van der Waals surface area contributed by atoms with Crippen LogP contribution in [0.2, 0.25) is 0 Å². The summed E-state index contributed by atoms with van der Waals surface area (Å²) in [4.78, 5) is 48.4. The van der Waals surface area contributed by atoms with Gasteiger partial charge in [0.25, 0.3) is 0 Å². The zero-order valence-corrected chi connectivity index (χ0v) is 32.3. The van der Waals surface area contributed by atoms with Crippen LogP contribution in [0.5, 0.6) is 0 Å². The van der Waals surface area contributed by atoms with Crippen LogP contribution in [0, 0.1) is 29.6 Å². The number of aliphatic hydroxyl groups is 1. The maximum absolute atomic E-state index is 14.5. The maximum Gasteiger partial charge on any atom is 0.410 e. The molecule has 3 aliphatic rings. The minimum absolute atomic E-state index is 0.0261. The molecule has 3 fully saturated rings. The van der Waals surface area contributed by atoms with Crippen molar-refractivity contribution < 1.29 is 43.2 Å². The number of rotatable bonds is 10. The molecular weight excluding hydrogens is 646 g/mol. The number of ether oxygens (including phenoxy) is 5. The Labute approximate surface area is 298 Å². The zero-order chi connectivity index (χ0) is 37.7. The summed E-state index contributed by atoms with van der Waals surface area (Å²) >= 11 is 0. The second-order valence-electron chi connectivity index (χ2n) is 15.6. The molecule has 286 valence electrons. The predicted molar refractivity (Wildman–Crippen MR) is 187 cm³/mol. The van der Waals surface area contributed by atoms with Crippen molar-refractivity contribution in [2.75, 3.05) is 34.3 Å². The number of carbonyl (C=O) groups excluding carboxylic acids is 3. The summed E-state index contributed by atoms with van der Waals surface area (Å²) in [7, 11) is 5.64. The number of aliphatic hydroxyl groups excluding tert-OH is 1. The number of methoxy groups -OCH3 is 1. The highest BCUT2D eigenvalue weighted by molar-refractivity contribution is 5.85. The minimum atomic E-state index is -1.36. The molecule has 0 bridgehead atoms. The van der Waals surface area contributed by atoms with Crippen LogP contribution in [0.15, 0.2) is 5.11 Å². The van der Waals surface area contributed by atoms with Gasteiger partial charge in [0.15, 0.2) is 11.9 Å². The summed E-state index contributed by atoms with van der Waals surface area (Å²) in [6, 6.07) is -0.573. The topological polar surface area (TPSA) is 173 Å². The second-order valence-corrected chi connectivity index (χ2v) is 15.6. The Morgan fingerprint density at radius 1 is 1.06 bits per heavy atom. The van der Waals surface area contributed by atoms with Gasteiger partial charge in [0, 0.05) is 54.8 Å². The molecule has 14 heteroatoms. The van der Waals surface area contributed by atoms with Crippen molar-refractivity contribution in [3.05, 3.63) is 10.4 Å². The fourth-order valence-corrected chi connectivity index (χ4v) is 8.70. The number of hydrogen-bond acceptors (Lipinski definition) is 11. The van der Waals surface area contributed by atoms with Crippen LogP contribution >= 0.6 is 0 Å². The quantitative estimate of drug-likeness (QED) is 0.102. The van der Waals surface area contributed by atoms with Gasteiger partial charge in [-0.05, 0) is 79.4 Å². The van der Waals surface area contributed by atoms with E-state index in [4.69, 9.17) is 29.2 Å². The van der Waals surface area contributed by atoms with E-state index in [0.29, 0.717) is 19.3 Å². The van der Waals surface area contributed by atoms with Gasteiger partial charge in [-0.2, -0.15) is 0 Å². The molecule has 3 aliphatic heterocycles. The number of nitrogens with zero attached hydrogens (tertiary/aromatic N) is 5. The lowest BCUT2D eigenvalue weighted by atomic mass is 9.73. The molecule has 1 N–H and O–H groups in total. The van der Waals surface area contributed by atoms with Gasteiger partial charge >= 0.3 is 12.1 Å². The summed E-state index contributed by atoms with van der Waals surface area (Å²) in [5.41, 5.74) is 6.22. The lowest BCUT2D eigenvalue weighted by Crippen LogP contribution is -2.59. The third kappa shape index (κ3) is 8.75. The Balaban J connectivity index is 2.10. The molecule has 14 nitrogen and oxygen atoms in total. The number of azide groups is 1. The van der Waals surface area contributed by atoms with Gasteiger partial charge in [-0.1, -0.05) is 39.7 Å². The van der Waals surface area contributed by atoms with Gasteiger partial charge in [-0.3, -0.25) is 9.59 Å². The molecule has 0 aromatic rings. The number of carbonyl (C=O) groups is 3. The van der Waals surface area contributed by atoms with E-state index in [1.54, 1.807) is 32.8 Å². The molecule has 0 radical (unpaired) electrons. The van der Waals surface area contributed by atoms with Gasteiger partial charge in [0.2, 0.25) is 0 Å². The largest absolute Gasteiger partial charge is 0.458 e. The summed E-state index contributed by atoms with van der Waals surface area (Å²) < 4.78 is 31.6. The summed E-state index contributed by atoms with van der Waals surface area (Å²) in [6.45, 7) is 17.2. The Kier molecular flexibility index (Phi) is 14.6. The Hall–Kier alpha value is -2.48. The van der Waals surface area contributed by atoms with Crippen molar-refractivity contribution in [3.8, 4) is 0 Å². The van der Waals surface area contributed by atoms with Crippen molar-refractivity contribution in [1.82, 2.24) is 9.80 Å². The lowest BCUT2D eigenvalue weighted by molar-refractivity contribution is -0.287. The van der Waals surface area contributed by atoms with Crippen LogP contribution in [0.1, 0.15) is 94.4 Å². The lowest BCUT2D eigenvalue weighted by Gasteiger charge is -2.48. The van der Waals surface area contributed by atoms with E-state index in [2.05, 4.69) is 21.8 Å². The number of ketones is 1. The highest BCUT2D eigenvalue weighted by atomic mass is 16.7. The molecule has 1 amide bonds. The monoisotopic (exact) mass is 709 g/mol. The smallest absolute Gasteiger partial charge is 0.410 e.